The van der Waals surface area contributed by atoms with E-state index in [0.717, 1.165) is 28.5 Å². The van der Waals surface area contributed by atoms with Gasteiger partial charge in [-0.25, -0.2) is 0 Å². The quantitative estimate of drug-likeness (QED) is 0.470. The molecule has 2 atom stereocenters. The van der Waals surface area contributed by atoms with Gasteiger partial charge in [0.15, 0.2) is 23.0 Å². The molecule has 2 unspecified atom stereocenters. The van der Waals surface area contributed by atoms with E-state index in [4.69, 9.17) is 18.9 Å². The molecule has 172 valence electrons. The number of carbonyl (C=O) groups excluding carboxylic acids is 1. The van der Waals surface area contributed by atoms with Gasteiger partial charge in [-0.3, -0.25) is 4.90 Å². The minimum Gasteiger partial charge on any atom is -0.493 e. The molecule has 3 aromatic rings. The van der Waals surface area contributed by atoms with Gasteiger partial charge in [0.25, 0.3) is 0 Å². The molecule has 4 rings (SSSR count). The van der Waals surface area contributed by atoms with Crippen LogP contribution >= 0.6 is 0 Å². The van der Waals surface area contributed by atoms with Gasteiger partial charge in [-0.15, -0.1) is 0 Å². The van der Waals surface area contributed by atoms with Crippen molar-refractivity contribution in [3.63, 3.8) is 0 Å². The third-order valence-corrected chi connectivity index (χ3v) is 6.28. The predicted molar refractivity (Wildman–Crippen MR) is 127 cm³/mol. The smallest absolute Gasteiger partial charge is 0.161 e. The number of ether oxygens (including phenoxy) is 4. The Labute approximate surface area is 194 Å². The van der Waals surface area contributed by atoms with Crippen LogP contribution in [0.4, 0.5) is 0 Å². The van der Waals surface area contributed by atoms with Crippen LogP contribution in [0.3, 0.4) is 0 Å². The normalized spacial score (nSPS) is 17.7. The third-order valence-electron chi connectivity index (χ3n) is 6.28. The van der Waals surface area contributed by atoms with Crippen molar-refractivity contribution in [1.29, 1.82) is 0 Å². The summed E-state index contributed by atoms with van der Waals surface area (Å²) in [6.45, 7) is 0.284. The Kier molecular flexibility index (Phi) is 6.84. The average molecular weight is 448 g/mol. The number of hydrogen-bond donors (Lipinski definition) is 0. The fourth-order valence-electron chi connectivity index (χ4n) is 4.75. The highest BCUT2D eigenvalue weighted by molar-refractivity contribution is 5.57. The van der Waals surface area contributed by atoms with Crippen molar-refractivity contribution in [1.82, 2.24) is 4.90 Å². The molecule has 0 radical (unpaired) electrons. The van der Waals surface area contributed by atoms with E-state index in [0.29, 0.717) is 29.4 Å². The van der Waals surface area contributed by atoms with Crippen LogP contribution in [0.25, 0.3) is 0 Å². The van der Waals surface area contributed by atoms with E-state index in [2.05, 4.69) is 23.1 Å². The fraction of sp³-hybridized carbons (Fsp3) is 0.296. The Bertz CT molecular complexity index is 1110. The van der Waals surface area contributed by atoms with Gasteiger partial charge in [-0.1, -0.05) is 36.4 Å². The lowest BCUT2D eigenvalue weighted by molar-refractivity contribution is -0.110. The third kappa shape index (κ3) is 4.26. The van der Waals surface area contributed by atoms with E-state index < -0.39 is 0 Å². The highest BCUT2D eigenvalue weighted by atomic mass is 16.5. The van der Waals surface area contributed by atoms with Crippen molar-refractivity contribution in [2.75, 3.05) is 35.0 Å². The van der Waals surface area contributed by atoms with E-state index >= 15 is 0 Å². The second-order valence-electron chi connectivity index (χ2n) is 7.92. The highest BCUT2D eigenvalue weighted by Crippen LogP contribution is 2.47. The molecule has 6 heteroatoms. The molecule has 33 heavy (non-hydrogen) atoms. The van der Waals surface area contributed by atoms with Crippen LogP contribution < -0.4 is 18.9 Å². The summed E-state index contributed by atoms with van der Waals surface area (Å²) in [5.41, 5.74) is 4.43. The second kappa shape index (κ2) is 9.96. The van der Waals surface area contributed by atoms with E-state index in [9.17, 15) is 4.79 Å². The molecule has 0 N–H and O–H groups in total. The molecule has 0 fully saturated rings. The summed E-state index contributed by atoms with van der Waals surface area (Å²) in [6.07, 6.45) is 1.68. The molecule has 3 aromatic carbocycles. The lowest BCUT2D eigenvalue weighted by Crippen LogP contribution is -2.40. The Hall–Kier alpha value is -3.51. The molecular formula is C27H29NO5. The maximum Gasteiger partial charge on any atom is 0.161 e. The van der Waals surface area contributed by atoms with E-state index in [-0.39, 0.29) is 18.6 Å². The van der Waals surface area contributed by atoms with Gasteiger partial charge in [-0.05, 0) is 52.9 Å². The topological polar surface area (TPSA) is 57.2 Å². The van der Waals surface area contributed by atoms with Gasteiger partial charge in [0.1, 0.15) is 6.29 Å². The fourth-order valence-corrected chi connectivity index (χ4v) is 4.75. The Morgan fingerprint density at radius 3 is 2.06 bits per heavy atom. The number of rotatable bonds is 8. The molecule has 0 amide bonds. The first-order valence-electron chi connectivity index (χ1n) is 10.9. The maximum absolute atomic E-state index is 11.9. The molecule has 1 aliphatic heterocycles. The minimum atomic E-state index is -0.127. The summed E-state index contributed by atoms with van der Waals surface area (Å²) in [4.78, 5) is 14.1. The molecule has 0 spiro atoms. The van der Waals surface area contributed by atoms with Crippen LogP contribution in [0.2, 0.25) is 0 Å². The summed E-state index contributed by atoms with van der Waals surface area (Å²) < 4.78 is 22.2. The van der Waals surface area contributed by atoms with Crippen molar-refractivity contribution in [3.8, 4) is 23.0 Å². The lowest BCUT2D eigenvalue weighted by Gasteiger charge is -2.43. The summed E-state index contributed by atoms with van der Waals surface area (Å²) in [5, 5.41) is 0. The van der Waals surface area contributed by atoms with Crippen LogP contribution in [-0.2, 0) is 11.2 Å². The first-order chi connectivity index (χ1) is 16.1. The molecular weight excluding hydrogens is 418 g/mol. The predicted octanol–water partition coefficient (Wildman–Crippen LogP) is 4.61. The standard InChI is InChI=1S/C27H29NO5/c1-30-23-11-10-19(15-24(23)31-2)22-14-20-16-25(32-3)26(33-4)17-21(20)27(28(22)12-13-29)18-8-6-5-7-9-18/h5-11,13,15-17,22,27H,12,14H2,1-4H3. The summed E-state index contributed by atoms with van der Waals surface area (Å²) in [6, 6.07) is 20.1. The first kappa shape index (κ1) is 22.7. The zero-order chi connectivity index (χ0) is 23.4. The molecule has 0 aliphatic carbocycles. The van der Waals surface area contributed by atoms with Gasteiger partial charge in [-0.2, -0.15) is 0 Å². The van der Waals surface area contributed by atoms with E-state index in [1.165, 1.54) is 0 Å². The number of nitrogens with zero attached hydrogens (tertiary/aromatic N) is 1. The van der Waals surface area contributed by atoms with Crippen molar-refractivity contribution in [3.05, 3.63) is 82.9 Å². The van der Waals surface area contributed by atoms with Crippen molar-refractivity contribution < 1.29 is 23.7 Å². The Morgan fingerprint density at radius 1 is 0.788 bits per heavy atom. The zero-order valence-electron chi connectivity index (χ0n) is 19.4. The number of aldehydes is 1. The Balaban J connectivity index is 1.92. The number of methoxy groups -OCH3 is 4. The number of fused-ring (bicyclic) bond motifs is 1. The van der Waals surface area contributed by atoms with Crippen LogP contribution in [0, 0.1) is 0 Å². The molecule has 1 aliphatic rings. The monoisotopic (exact) mass is 447 g/mol. The molecule has 0 aromatic heterocycles. The number of carbonyl (C=O) groups is 1. The van der Waals surface area contributed by atoms with Gasteiger partial charge in [0.05, 0.1) is 41.0 Å². The van der Waals surface area contributed by atoms with Crippen molar-refractivity contribution in [2.45, 2.75) is 18.5 Å². The van der Waals surface area contributed by atoms with Gasteiger partial charge >= 0.3 is 0 Å². The molecule has 0 saturated carbocycles. The average Bonchev–Trinajstić information content (AvgIpc) is 2.87. The van der Waals surface area contributed by atoms with Crippen molar-refractivity contribution in [2.24, 2.45) is 0 Å². The summed E-state index contributed by atoms with van der Waals surface area (Å²) >= 11 is 0. The van der Waals surface area contributed by atoms with E-state index in [1.54, 1.807) is 28.4 Å². The molecule has 0 saturated heterocycles. The first-order valence-corrected chi connectivity index (χ1v) is 10.9. The molecule has 6 nitrogen and oxygen atoms in total. The second-order valence-corrected chi connectivity index (χ2v) is 7.92. The SMILES string of the molecule is COc1ccc(C2Cc3cc(OC)c(OC)cc3C(c3ccccc3)N2CC=O)cc1OC. The van der Waals surface area contributed by atoms with Gasteiger partial charge in [0, 0.05) is 6.04 Å². The molecule has 0 bridgehead atoms. The van der Waals surface area contributed by atoms with Crippen LogP contribution in [0.5, 0.6) is 23.0 Å². The lowest BCUT2D eigenvalue weighted by atomic mass is 9.82. The Morgan fingerprint density at radius 2 is 1.42 bits per heavy atom. The number of hydrogen-bond acceptors (Lipinski definition) is 6. The van der Waals surface area contributed by atoms with Crippen LogP contribution in [0.15, 0.2) is 60.7 Å². The van der Waals surface area contributed by atoms with Crippen LogP contribution in [-0.4, -0.2) is 46.2 Å². The maximum atomic E-state index is 11.9. The van der Waals surface area contributed by atoms with E-state index in [1.807, 2.05) is 42.5 Å². The minimum absolute atomic E-state index is 0.0502. The van der Waals surface area contributed by atoms with Gasteiger partial charge < -0.3 is 23.7 Å². The largest absolute Gasteiger partial charge is 0.493 e. The number of benzene rings is 3. The zero-order valence-corrected chi connectivity index (χ0v) is 19.4. The highest BCUT2D eigenvalue weighted by Gasteiger charge is 2.37. The van der Waals surface area contributed by atoms with Gasteiger partial charge in [0.2, 0.25) is 0 Å². The summed E-state index contributed by atoms with van der Waals surface area (Å²) in [7, 11) is 6.54. The van der Waals surface area contributed by atoms with Crippen LogP contribution in [0.1, 0.15) is 34.3 Å². The summed E-state index contributed by atoms with van der Waals surface area (Å²) in [5.74, 6) is 2.70. The molecule has 1 heterocycles. The van der Waals surface area contributed by atoms with Crippen molar-refractivity contribution >= 4 is 6.29 Å².